The second-order valence-electron chi connectivity index (χ2n) is 4.68. The maximum atomic E-state index is 2.37. The van der Waals surface area contributed by atoms with Crippen LogP contribution >= 0.6 is 0 Å². The van der Waals surface area contributed by atoms with Crippen LogP contribution in [0.25, 0.3) is 5.57 Å². The SMILES string of the molecule is Cc1cccc(C2=CCCc3ccccc32)c1. The highest BCUT2D eigenvalue weighted by Crippen LogP contribution is 2.31. The lowest BCUT2D eigenvalue weighted by Gasteiger charge is -2.18. The fourth-order valence-corrected chi connectivity index (χ4v) is 2.57. The van der Waals surface area contributed by atoms with Gasteiger partial charge in [-0.2, -0.15) is 0 Å². The molecule has 0 bridgehead atoms. The molecule has 3 rings (SSSR count). The Morgan fingerprint density at radius 2 is 1.82 bits per heavy atom. The van der Waals surface area contributed by atoms with Crippen LogP contribution in [0.3, 0.4) is 0 Å². The van der Waals surface area contributed by atoms with Gasteiger partial charge in [0.25, 0.3) is 0 Å². The lowest BCUT2D eigenvalue weighted by Crippen LogP contribution is -2.00. The molecule has 0 spiro atoms. The van der Waals surface area contributed by atoms with Gasteiger partial charge in [-0.1, -0.05) is 60.2 Å². The molecule has 2 aromatic rings. The summed E-state index contributed by atoms with van der Waals surface area (Å²) in [5.41, 5.74) is 6.95. The van der Waals surface area contributed by atoms with E-state index in [0.29, 0.717) is 0 Å². The molecule has 0 radical (unpaired) electrons. The molecule has 0 heteroatoms. The quantitative estimate of drug-likeness (QED) is 0.669. The van der Waals surface area contributed by atoms with E-state index in [1.54, 1.807) is 0 Å². The smallest absolute Gasteiger partial charge is 0.0148 e. The van der Waals surface area contributed by atoms with Gasteiger partial charge in [0.2, 0.25) is 0 Å². The highest BCUT2D eigenvalue weighted by atomic mass is 14.2. The summed E-state index contributed by atoms with van der Waals surface area (Å²) in [7, 11) is 0. The third kappa shape index (κ3) is 1.91. The first-order chi connectivity index (χ1) is 8.34. The average Bonchev–Trinajstić information content (AvgIpc) is 2.38. The number of allylic oxidation sites excluding steroid dienone is 1. The molecule has 0 aliphatic heterocycles. The Kier molecular flexibility index (Phi) is 2.56. The summed E-state index contributed by atoms with van der Waals surface area (Å²) in [6.07, 6.45) is 4.70. The van der Waals surface area contributed by atoms with Gasteiger partial charge >= 0.3 is 0 Å². The van der Waals surface area contributed by atoms with Crippen LogP contribution in [0.4, 0.5) is 0 Å². The lowest BCUT2D eigenvalue weighted by molar-refractivity contribution is 0.977. The standard InChI is InChI=1S/C17H16/c1-13-6-4-9-15(12-13)17-11-5-8-14-7-2-3-10-16(14)17/h2-4,6-7,9-12H,5,8H2,1H3. The Morgan fingerprint density at radius 1 is 0.941 bits per heavy atom. The van der Waals surface area contributed by atoms with Crippen LogP contribution in [0.15, 0.2) is 54.6 Å². The molecule has 0 aromatic heterocycles. The highest BCUT2D eigenvalue weighted by molar-refractivity contribution is 5.82. The average molecular weight is 220 g/mol. The Hall–Kier alpha value is -1.82. The molecule has 0 nitrogen and oxygen atoms in total. The Morgan fingerprint density at radius 3 is 2.71 bits per heavy atom. The van der Waals surface area contributed by atoms with E-state index in [1.165, 1.54) is 34.2 Å². The summed E-state index contributed by atoms with van der Waals surface area (Å²) in [6.45, 7) is 2.15. The van der Waals surface area contributed by atoms with Gasteiger partial charge in [0.05, 0.1) is 0 Å². The van der Waals surface area contributed by atoms with E-state index < -0.39 is 0 Å². The van der Waals surface area contributed by atoms with Crippen molar-refractivity contribution in [2.24, 2.45) is 0 Å². The van der Waals surface area contributed by atoms with E-state index in [2.05, 4.69) is 61.5 Å². The van der Waals surface area contributed by atoms with Crippen molar-refractivity contribution in [1.82, 2.24) is 0 Å². The minimum absolute atomic E-state index is 1.15. The maximum absolute atomic E-state index is 2.37. The molecule has 0 heterocycles. The first kappa shape index (κ1) is 10.3. The molecular weight excluding hydrogens is 204 g/mol. The molecule has 1 aliphatic carbocycles. The predicted octanol–water partition coefficient (Wildman–Crippen LogP) is 4.37. The molecule has 0 atom stereocenters. The topological polar surface area (TPSA) is 0 Å². The largest absolute Gasteiger partial charge is 0.0757 e. The van der Waals surface area contributed by atoms with E-state index in [4.69, 9.17) is 0 Å². The molecule has 0 unspecified atom stereocenters. The third-order valence-corrected chi connectivity index (χ3v) is 3.40. The summed E-state index contributed by atoms with van der Waals surface area (Å²) in [5.74, 6) is 0. The number of benzene rings is 2. The van der Waals surface area contributed by atoms with Crippen molar-refractivity contribution in [3.63, 3.8) is 0 Å². The first-order valence-electron chi connectivity index (χ1n) is 6.20. The van der Waals surface area contributed by atoms with Gasteiger partial charge in [0, 0.05) is 0 Å². The maximum Gasteiger partial charge on any atom is -0.0148 e. The number of rotatable bonds is 1. The second kappa shape index (κ2) is 4.21. The molecular formula is C17H16. The van der Waals surface area contributed by atoms with Gasteiger partial charge in [-0.3, -0.25) is 0 Å². The molecule has 0 saturated carbocycles. The number of hydrogen-bond donors (Lipinski definition) is 0. The zero-order valence-corrected chi connectivity index (χ0v) is 10.1. The molecule has 17 heavy (non-hydrogen) atoms. The van der Waals surface area contributed by atoms with Gasteiger partial charge < -0.3 is 0 Å². The van der Waals surface area contributed by atoms with E-state index >= 15 is 0 Å². The minimum atomic E-state index is 1.15. The van der Waals surface area contributed by atoms with Gasteiger partial charge in [0.1, 0.15) is 0 Å². The fourth-order valence-electron chi connectivity index (χ4n) is 2.57. The Labute approximate surface area is 103 Å². The van der Waals surface area contributed by atoms with Crippen molar-refractivity contribution in [1.29, 1.82) is 0 Å². The van der Waals surface area contributed by atoms with Crippen molar-refractivity contribution < 1.29 is 0 Å². The summed E-state index contributed by atoms with van der Waals surface area (Å²) in [6, 6.07) is 17.5. The van der Waals surface area contributed by atoms with Crippen LogP contribution in [-0.4, -0.2) is 0 Å². The van der Waals surface area contributed by atoms with E-state index in [9.17, 15) is 0 Å². The summed E-state index contributed by atoms with van der Waals surface area (Å²) in [5, 5.41) is 0. The lowest BCUT2D eigenvalue weighted by atomic mass is 9.87. The van der Waals surface area contributed by atoms with Crippen LogP contribution in [0.2, 0.25) is 0 Å². The molecule has 0 N–H and O–H groups in total. The summed E-state index contributed by atoms with van der Waals surface area (Å²) in [4.78, 5) is 0. The monoisotopic (exact) mass is 220 g/mol. The highest BCUT2D eigenvalue weighted by Gasteiger charge is 2.12. The number of aryl methyl sites for hydroxylation is 2. The van der Waals surface area contributed by atoms with Gasteiger partial charge in [-0.05, 0) is 42.0 Å². The predicted molar refractivity (Wildman–Crippen MR) is 73.0 cm³/mol. The third-order valence-electron chi connectivity index (χ3n) is 3.40. The van der Waals surface area contributed by atoms with Crippen LogP contribution in [-0.2, 0) is 6.42 Å². The van der Waals surface area contributed by atoms with Gasteiger partial charge in [-0.25, -0.2) is 0 Å². The molecule has 0 saturated heterocycles. The first-order valence-corrected chi connectivity index (χ1v) is 6.20. The summed E-state index contributed by atoms with van der Waals surface area (Å²) >= 11 is 0. The van der Waals surface area contributed by atoms with Gasteiger partial charge in [-0.15, -0.1) is 0 Å². The Bertz CT molecular complexity index is 576. The van der Waals surface area contributed by atoms with Crippen molar-refractivity contribution in [3.8, 4) is 0 Å². The van der Waals surface area contributed by atoms with Crippen LogP contribution in [0.5, 0.6) is 0 Å². The minimum Gasteiger partial charge on any atom is -0.0757 e. The zero-order valence-electron chi connectivity index (χ0n) is 10.1. The molecule has 1 aliphatic rings. The van der Waals surface area contributed by atoms with Crippen molar-refractivity contribution in [2.75, 3.05) is 0 Å². The van der Waals surface area contributed by atoms with Gasteiger partial charge in [0.15, 0.2) is 0 Å². The van der Waals surface area contributed by atoms with Crippen LogP contribution < -0.4 is 0 Å². The summed E-state index contributed by atoms with van der Waals surface area (Å²) < 4.78 is 0. The Balaban J connectivity index is 2.13. The number of fused-ring (bicyclic) bond motifs is 1. The number of hydrogen-bond acceptors (Lipinski definition) is 0. The molecule has 84 valence electrons. The molecule has 2 aromatic carbocycles. The van der Waals surface area contributed by atoms with E-state index in [-0.39, 0.29) is 0 Å². The van der Waals surface area contributed by atoms with Crippen molar-refractivity contribution in [2.45, 2.75) is 19.8 Å². The van der Waals surface area contributed by atoms with Crippen LogP contribution in [0, 0.1) is 6.92 Å². The van der Waals surface area contributed by atoms with Crippen molar-refractivity contribution >= 4 is 5.57 Å². The molecule has 0 amide bonds. The normalized spacial score (nSPS) is 14.1. The molecule has 0 fully saturated rings. The second-order valence-corrected chi connectivity index (χ2v) is 4.68. The zero-order chi connectivity index (χ0) is 11.7. The van der Waals surface area contributed by atoms with Crippen LogP contribution in [0.1, 0.15) is 28.7 Å². The van der Waals surface area contributed by atoms with E-state index in [0.717, 1.165) is 6.42 Å². The van der Waals surface area contributed by atoms with E-state index in [1.807, 2.05) is 0 Å². The van der Waals surface area contributed by atoms with Crippen molar-refractivity contribution in [3.05, 3.63) is 76.9 Å². The fraction of sp³-hybridized carbons (Fsp3) is 0.176.